The molecule has 1 aromatic rings. The number of nitrogens with one attached hydrogen (secondary N) is 1. The van der Waals surface area contributed by atoms with Gasteiger partial charge in [0.05, 0.1) is 0 Å². The van der Waals surface area contributed by atoms with Gasteiger partial charge in [-0.3, -0.25) is 4.99 Å². The topological polar surface area (TPSA) is 27.6 Å². The van der Waals surface area contributed by atoms with Crippen LogP contribution in [0.2, 0.25) is 0 Å². The first-order valence-electron chi connectivity index (χ1n) is 6.83. The summed E-state index contributed by atoms with van der Waals surface area (Å²) < 4.78 is 0. The van der Waals surface area contributed by atoms with Crippen molar-refractivity contribution in [2.45, 2.75) is 32.4 Å². The normalized spacial score (nSPS) is 26.8. The standard InChI is InChI=1S/C15H21N3/c1-11-9-14(11)17-15(16-2)18-8-7-12-5-3-4-6-13(12)10-18/h3-6,11,14H,7-10H2,1-2H3,(H,16,17). The predicted molar refractivity (Wildman–Crippen MR) is 74.6 cm³/mol. The number of guanidine groups is 1. The van der Waals surface area contributed by atoms with Crippen LogP contribution < -0.4 is 5.32 Å². The summed E-state index contributed by atoms with van der Waals surface area (Å²) in [7, 11) is 1.88. The van der Waals surface area contributed by atoms with Crippen LogP contribution in [-0.4, -0.2) is 30.5 Å². The van der Waals surface area contributed by atoms with E-state index in [1.807, 2.05) is 7.05 Å². The third kappa shape index (κ3) is 2.22. The third-order valence-electron chi connectivity index (χ3n) is 4.07. The van der Waals surface area contributed by atoms with E-state index >= 15 is 0 Å². The van der Waals surface area contributed by atoms with Crippen molar-refractivity contribution in [2.24, 2.45) is 10.9 Å². The number of nitrogens with zero attached hydrogens (tertiary/aromatic N) is 2. The Bertz CT molecular complexity index is 467. The molecule has 3 heteroatoms. The van der Waals surface area contributed by atoms with Gasteiger partial charge in [-0.1, -0.05) is 31.2 Å². The van der Waals surface area contributed by atoms with Crippen molar-refractivity contribution >= 4 is 5.96 Å². The molecule has 1 heterocycles. The van der Waals surface area contributed by atoms with E-state index in [0.717, 1.165) is 31.4 Å². The SMILES string of the molecule is CN=C(NC1CC1C)N1CCc2ccccc2C1. The quantitative estimate of drug-likeness (QED) is 0.604. The largest absolute Gasteiger partial charge is 0.353 e. The zero-order valence-electron chi connectivity index (χ0n) is 11.2. The number of fused-ring (bicyclic) bond motifs is 1. The molecule has 18 heavy (non-hydrogen) atoms. The molecule has 1 saturated carbocycles. The predicted octanol–water partition coefficient (Wildman–Crippen LogP) is 2.03. The summed E-state index contributed by atoms with van der Waals surface area (Å²) in [6.45, 7) is 4.34. The molecule has 1 aliphatic carbocycles. The van der Waals surface area contributed by atoms with Crippen LogP contribution in [0, 0.1) is 5.92 Å². The molecule has 1 N–H and O–H groups in total. The van der Waals surface area contributed by atoms with E-state index in [9.17, 15) is 0 Å². The Labute approximate surface area is 109 Å². The van der Waals surface area contributed by atoms with Gasteiger partial charge in [0.15, 0.2) is 5.96 Å². The molecule has 96 valence electrons. The van der Waals surface area contributed by atoms with E-state index in [1.54, 1.807) is 0 Å². The fourth-order valence-electron chi connectivity index (χ4n) is 2.66. The van der Waals surface area contributed by atoms with Crippen LogP contribution in [0.15, 0.2) is 29.3 Å². The highest BCUT2D eigenvalue weighted by atomic mass is 15.3. The summed E-state index contributed by atoms with van der Waals surface area (Å²) in [5.41, 5.74) is 2.93. The molecular weight excluding hydrogens is 222 g/mol. The second kappa shape index (κ2) is 4.63. The summed E-state index contributed by atoms with van der Waals surface area (Å²) in [5.74, 6) is 1.87. The summed E-state index contributed by atoms with van der Waals surface area (Å²) in [4.78, 5) is 6.80. The van der Waals surface area contributed by atoms with Crippen molar-refractivity contribution in [1.29, 1.82) is 0 Å². The maximum atomic E-state index is 4.43. The molecule has 1 aromatic carbocycles. The van der Waals surface area contributed by atoms with Crippen molar-refractivity contribution in [3.8, 4) is 0 Å². The lowest BCUT2D eigenvalue weighted by molar-refractivity contribution is 0.377. The fourth-order valence-corrected chi connectivity index (χ4v) is 2.66. The molecule has 0 aromatic heterocycles. The molecule has 1 aliphatic heterocycles. The van der Waals surface area contributed by atoms with E-state index in [-0.39, 0.29) is 0 Å². The molecule has 2 unspecified atom stereocenters. The maximum Gasteiger partial charge on any atom is 0.194 e. The summed E-state index contributed by atoms with van der Waals surface area (Å²) >= 11 is 0. The Hall–Kier alpha value is -1.51. The van der Waals surface area contributed by atoms with Gasteiger partial charge in [-0.15, -0.1) is 0 Å². The maximum absolute atomic E-state index is 4.43. The zero-order chi connectivity index (χ0) is 12.5. The van der Waals surface area contributed by atoms with Gasteiger partial charge in [-0.25, -0.2) is 0 Å². The van der Waals surface area contributed by atoms with E-state index in [2.05, 4.69) is 46.4 Å². The molecule has 0 bridgehead atoms. The van der Waals surface area contributed by atoms with Gasteiger partial charge in [0.2, 0.25) is 0 Å². The molecule has 3 nitrogen and oxygen atoms in total. The Morgan fingerprint density at radius 1 is 1.33 bits per heavy atom. The van der Waals surface area contributed by atoms with Gasteiger partial charge in [0.25, 0.3) is 0 Å². The first kappa shape index (κ1) is 11.6. The highest BCUT2D eigenvalue weighted by Gasteiger charge is 2.34. The van der Waals surface area contributed by atoms with Crippen molar-refractivity contribution in [1.82, 2.24) is 10.2 Å². The van der Waals surface area contributed by atoms with Crippen LogP contribution in [0.4, 0.5) is 0 Å². The molecule has 0 spiro atoms. The number of hydrogen-bond acceptors (Lipinski definition) is 1. The number of benzene rings is 1. The highest BCUT2D eigenvalue weighted by Crippen LogP contribution is 2.29. The molecule has 1 fully saturated rings. The molecule has 0 radical (unpaired) electrons. The van der Waals surface area contributed by atoms with E-state index in [4.69, 9.17) is 0 Å². The highest BCUT2D eigenvalue weighted by molar-refractivity contribution is 5.80. The second-order valence-corrected chi connectivity index (χ2v) is 5.45. The van der Waals surface area contributed by atoms with E-state index in [0.29, 0.717) is 6.04 Å². The third-order valence-corrected chi connectivity index (χ3v) is 4.07. The Morgan fingerprint density at radius 3 is 2.72 bits per heavy atom. The Kier molecular flexibility index (Phi) is 2.98. The Balaban J connectivity index is 1.70. The van der Waals surface area contributed by atoms with Crippen molar-refractivity contribution in [2.75, 3.05) is 13.6 Å². The van der Waals surface area contributed by atoms with E-state index < -0.39 is 0 Å². The minimum absolute atomic E-state index is 0.640. The molecular formula is C15H21N3. The van der Waals surface area contributed by atoms with Crippen molar-refractivity contribution in [3.63, 3.8) is 0 Å². The monoisotopic (exact) mass is 243 g/mol. The van der Waals surface area contributed by atoms with E-state index in [1.165, 1.54) is 17.5 Å². The molecule has 0 saturated heterocycles. The van der Waals surface area contributed by atoms with Gasteiger partial charge in [-0.05, 0) is 29.9 Å². The minimum atomic E-state index is 0.640. The fraction of sp³-hybridized carbons (Fsp3) is 0.533. The van der Waals surface area contributed by atoms with Gasteiger partial charge < -0.3 is 10.2 Å². The summed E-state index contributed by atoms with van der Waals surface area (Å²) in [6.07, 6.45) is 2.40. The first-order valence-corrected chi connectivity index (χ1v) is 6.83. The number of hydrogen-bond donors (Lipinski definition) is 1. The van der Waals surface area contributed by atoms with Gasteiger partial charge in [-0.2, -0.15) is 0 Å². The molecule has 3 rings (SSSR count). The Morgan fingerprint density at radius 2 is 2.06 bits per heavy atom. The van der Waals surface area contributed by atoms with Crippen molar-refractivity contribution in [3.05, 3.63) is 35.4 Å². The van der Waals surface area contributed by atoms with Crippen LogP contribution >= 0.6 is 0 Å². The van der Waals surface area contributed by atoms with Gasteiger partial charge >= 0.3 is 0 Å². The average Bonchev–Trinajstić information content (AvgIpc) is 3.11. The summed E-state index contributed by atoms with van der Waals surface area (Å²) in [6, 6.07) is 9.37. The lowest BCUT2D eigenvalue weighted by atomic mass is 10.0. The van der Waals surface area contributed by atoms with Crippen LogP contribution in [0.3, 0.4) is 0 Å². The second-order valence-electron chi connectivity index (χ2n) is 5.45. The van der Waals surface area contributed by atoms with Crippen LogP contribution in [0.25, 0.3) is 0 Å². The summed E-state index contributed by atoms with van der Waals surface area (Å²) in [5, 5.41) is 3.57. The average molecular weight is 243 g/mol. The van der Waals surface area contributed by atoms with Gasteiger partial charge in [0, 0.05) is 26.2 Å². The van der Waals surface area contributed by atoms with Crippen LogP contribution in [0.5, 0.6) is 0 Å². The van der Waals surface area contributed by atoms with Crippen LogP contribution in [0.1, 0.15) is 24.5 Å². The zero-order valence-corrected chi connectivity index (χ0v) is 11.2. The molecule has 2 atom stereocenters. The lowest BCUT2D eigenvalue weighted by Gasteiger charge is -2.31. The number of aliphatic imine (C=N–C) groups is 1. The van der Waals surface area contributed by atoms with Crippen molar-refractivity contribution < 1.29 is 0 Å². The smallest absolute Gasteiger partial charge is 0.194 e. The van der Waals surface area contributed by atoms with Gasteiger partial charge in [0.1, 0.15) is 0 Å². The first-order chi connectivity index (χ1) is 8.78. The van der Waals surface area contributed by atoms with Crippen LogP contribution in [-0.2, 0) is 13.0 Å². The number of rotatable bonds is 1. The minimum Gasteiger partial charge on any atom is -0.353 e. The molecule has 0 amide bonds. The molecule has 2 aliphatic rings. The lowest BCUT2D eigenvalue weighted by Crippen LogP contribution is -2.45.